The summed E-state index contributed by atoms with van der Waals surface area (Å²) in [6.45, 7) is 11.5. The number of carbonyl (C=O) groups is 2. The van der Waals surface area contributed by atoms with E-state index in [4.69, 9.17) is 14.0 Å². The second-order valence-electron chi connectivity index (χ2n) is 12.9. The van der Waals surface area contributed by atoms with E-state index in [-0.39, 0.29) is 53.9 Å². The first-order valence-electron chi connectivity index (χ1n) is 16.6. The van der Waals surface area contributed by atoms with Crippen molar-refractivity contribution in [2.45, 2.75) is 84.0 Å². The fourth-order valence-corrected chi connectivity index (χ4v) is 6.65. The number of anilines is 2. The maximum Gasteiger partial charge on any atom is 0.321 e. The summed E-state index contributed by atoms with van der Waals surface area (Å²) in [4.78, 5) is 30.7. The van der Waals surface area contributed by atoms with Crippen molar-refractivity contribution in [3.8, 4) is 5.75 Å². The third-order valence-electron chi connectivity index (χ3n) is 8.70. The molecule has 13 nitrogen and oxygen atoms in total. The first kappa shape index (κ1) is 37.7. The highest BCUT2D eigenvalue weighted by Crippen LogP contribution is 2.30. The molecule has 0 radical (unpaired) electrons. The number of likely N-dealkylation sites (N-methyl/N-ethyl adjacent to an activating group) is 1. The third-order valence-corrected chi connectivity index (χ3v) is 10.1. The number of sulfonamides is 1. The molecule has 3 N–H and O–H groups in total. The predicted octanol–water partition coefficient (Wildman–Crippen LogP) is 5.36. The van der Waals surface area contributed by atoms with Crippen molar-refractivity contribution in [2.24, 2.45) is 5.92 Å². The predicted molar refractivity (Wildman–Crippen MR) is 186 cm³/mol. The van der Waals surface area contributed by atoms with E-state index < -0.39 is 28.1 Å². The number of aryl methyl sites for hydroxylation is 3. The van der Waals surface area contributed by atoms with E-state index in [0.29, 0.717) is 35.9 Å². The largest absolute Gasteiger partial charge is 0.490 e. The molecule has 2 aromatic carbocycles. The van der Waals surface area contributed by atoms with Crippen molar-refractivity contribution in [3.63, 3.8) is 0 Å². The van der Waals surface area contributed by atoms with E-state index in [2.05, 4.69) is 15.2 Å². The number of ether oxygens (including phenoxy) is 2. The van der Waals surface area contributed by atoms with Crippen LogP contribution >= 0.6 is 0 Å². The van der Waals surface area contributed by atoms with Gasteiger partial charge in [-0.05, 0) is 84.2 Å². The third kappa shape index (κ3) is 9.73. The Bertz CT molecular complexity index is 1670. The summed E-state index contributed by atoms with van der Waals surface area (Å²) in [6.07, 6.45) is 1.55. The molecule has 0 unspecified atom stereocenters. The topological polar surface area (TPSA) is 164 Å². The molecule has 4 atom stereocenters. The molecular weight excluding hydrogens is 650 g/mol. The zero-order valence-electron chi connectivity index (χ0n) is 29.4. The van der Waals surface area contributed by atoms with Crippen LogP contribution < -0.4 is 14.8 Å². The summed E-state index contributed by atoms with van der Waals surface area (Å²) < 4.78 is 46.8. The van der Waals surface area contributed by atoms with Gasteiger partial charge in [0.1, 0.15) is 17.1 Å². The van der Waals surface area contributed by atoms with E-state index in [1.54, 1.807) is 57.0 Å². The van der Waals surface area contributed by atoms with Gasteiger partial charge in [-0.1, -0.05) is 29.8 Å². The van der Waals surface area contributed by atoms with Crippen LogP contribution in [0.4, 0.5) is 16.2 Å². The van der Waals surface area contributed by atoms with Crippen LogP contribution in [0.2, 0.25) is 0 Å². The van der Waals surface area contributed by atoms with Crippen molar-refractivity contribution in [2.75, 3.05) is 43.4 Å². The molecule has 1 aliphatic heterocycles. The number of hydrogen-bond acceptors (Lipinski definition) is 9. The Balaban J connectivity index is 1.63. The number of aromatic nitrogens is 1. The summed E-state index contributed by atoms with van der Waals surface area (Å²) in [5.41, 5.74) is 2.37. The Labute approximate surface area is 289 Å². The van der Waals surface area contributed by atoms with Gasteiger partial charge in [0.15, 0.2) is 5.76 Å². The molecule has 0 saturated carbocycles. The molecule has 0 aliphatic carbocycles. The average molecular weight is 700 g/mol. The quantitative estimate of drug-likeness (QED) is 0.281. The number of amides is 3. The molecule has 0 spiro atoms. The van der Waals surface area contributed by atoms with Gasteiger partial charge >= 0.3 is 6.03 Å². The van der Waals surface area contributed by atoms with Crippen LogP contribution in [-0.2, 0) is 14.8 Å². The molecule has 0 bridgehead atoms. The highest BCUT2D eigenvalue weighted by atomic mass is 32.2. The summed E-state index contributed by atoms with van der Waals surface area (Å²) in [5, 5.41) is 17.0. The molecule has 3 amide bonds. The number of hydrogen-bond donors (Lipinski definition) is 3. The minimum Gasteiger partial charge on any atom is -0.490 e. The fraction of sp³-hybridized carbons (Fsp3) is 0.514. The van der Waals surface area contributed by atoms with E-state index >= 15 is 0 Å². The van der Waals surface area contributed by atoms with Gasteiger partial charge in [-0.15, -0.1) is 0 Å². The smallest absolute Gasteiger partial charge is 0.321 e. The molecule has 1 aliphatic rings. The Morgan fingerprint density at radius 1 is 1.12 bits per heavy atom. The summed E-state index contributed by atoms with van der Waals surface area (Å²) in [7, 11) is -2.27. The Morgan fingerprint density at radius 3 is 2.49 bits per heavy atom. The van der Waals surface area contributed by atoms with Crippen LogP contribution in [0.5, 0.6) is 5.75 Å². The number of urea groups is 1. The van der Waals surface area contributed by atoms with Gasteiger partial charge < -0.3 is 34.2 Å². The number of aliphatic hydroxyl groups is 1. The number of nitrogens with zero attached hydrogens (tertiary/aromatic N) is 3. The van der Waals surface area contributed by atoms with Crippen LogP contribution in [0.1, 0.15) is 67.4 Å². The monoisotopic (exact) mass is 699 g/mol. The molecule has 4 rings (SSSR count). The van der Waals surface area contributed by atoms with E-state index in [1.807, 2.05) is 20.8 Å². The standard InChI is InChI=1S/C35H49N5O8S/c1-22-11-14-29(15-12-22)49(44,45)38-28-13-16-31-30(18-28)34(42)40(24(3)21-41)19-23(2)32(46-17-9-8-10-25(4)47-31)20-39(7)35(43)36-33-26(5)37-48-27(33)6/h11-16,18,23-25,32,38,41H,8-10,17,19-21H2,1-7H3,(H,36,43)/t23-,24+,25+,32+/m1/s1. The lowest BCUT2D eigenvalue weighted by atomic mass is 10.0. The van der Waals surface area contributed by atoms with E-state index in [9.17, 15) is 23.1 Å². The molecule has 268 valence electrons. The molecule has 3 aromatic rings. The number of aliphatic hydroxyl groups excluding tert-OH is 1. The van der Waals surface area contributed by atoms with Gasteiger partial charge in [0, 0.05) is 38.3 Å². The number of rotatable bonds is 8. The maximum atomic E-state index is 14.4. The zero-order valence-corrected chi connectivity index (χ0v) is 30.2. The Morgan fingerprint density at radius 2 is 1.84 bits per heavy atom. The normalized spacial score (nSPS) is 20.0. The maximum absolute atomic E-state index is 14.4. The number of benzene rings is 2. The van der Waals surface area contributed by atoms with Gasteiger partial charge in [0.2, 0.25) is 0 Å². The molecule has 0 saturated heterocycles. The van der Waals surface area contributed by atoms with Crippen molar-refractivity contribution in [3.05, 3.63) is 65.0 Å². The first-order valence-corrected chi connectivity index (χ1v) is 18.1. The SMILES string of the molecule is Cc1ccc(S(=O)(=O)Nc2ccc3c(c2)C(=O)N([C@@H](C)CO)C[C@@H](C)[C@H](CN(C)C(=O)Nc2c(C)noc2C)OCCCC[C@H](C)O3)cc1. The average Bonchev–Trinajstić information content (AvgIpc) is 3.38. The molecule has 1 aromatic heterocycles. The number of carbonyl (C=O) groups excluding carboxylic acids is 2. The van der Waals surface area contributed by atoms with Gasteiger partial charge in [-0.2, -0.15) is 0 Å². The van der Waals surface area contributed by atoms with Gasteiger partial charge in [0.05, 0.1) is 35.3 Å². The van der Waals surface area contributed by atoms with Crippen LogP contribution in [0.3, 0.4) is 0 Å². The second-order valence-corrected chi connectivity index (χ2v) is 14.6. The van der Waals surface area contributed by atoms with Gasteiger partial charge in [-0.3, -0.25) is 9.52 Å². The van der Waals surface area contributed by atoms with E-state index in [1.165, 1.54) is 23.1 Å². The lowest BCUT2D eigenvalue weighted by Gasteiger charge is -2.35. The molecule has 14 heteroatoms. The zero-order chi connectivity index (χ0) is 35.9. The highest BCUT2D eigenvalue weighted by molar-refractivity contribution is 7.92. The van der Waals surface area contributed by atoms with Gasteiger partial charge in [0.25, 0.3) is 15.9 Å². The van der Waals surface area contributed by atoms with Crippen LogP contribution in [0.15, 0.2) is 51.9 Å². The summed E-state index contributed by atoms with van der Waals surface area (Å²) >= 11 is 0. The van der Waals surface area contributed by atoms with Crippen LogP contribution in [0.25, 0.3) is 0 Å². The summed E-state index contributed by atoms with van der Waals surface area (Å²) in [5.74, 6) is 0.104. The highest BCUT2D eigenvalue weighted by Gasteiger charge is 2.31. The van der Waals surface area contributed by atoms with Crippen LogP contribution in [0, 0.1) is 26.7 Å². The van der Waals surface area contributed by atoms with Gasteiger partial charge in [-0.25, -0.2) is 13.2 Å². The molecule has 49 heavy (non-hydrogen) atoms. The lowest BCUT2D eigenvalue weighted by molar-refractivity contribution is -0.0115. The van der Waals surface area contributed by atoms with Crippen molar-refractivity contribution in [1.29, 1.82) is 0 Å². The second kappa shape index (κ2) is 16.5. The minimum atomic E-state index is -3.94. The lowest BCUT2D eigenvalue weighted by Crippen LogP contribution is -2.48. The van der Waals surface area contributed by atoms with E-state index in [0.717, 1.165) is 18.4 Å². The van der Waals surface area contributed by atoms with Crippen molar-refractivity contribution >= 4 is 33.3 Å². The molecular formula is C35H49N5O8S. The first-order chi connectivity index (χ1) is 23.2. The number of nitrogens with one attached hydrogen (secondary N) is 2. The number of fused-ring (bicyclic) bond motifs is 1. The summed E-state index contributed by atoms with van der Waals surface area (Å²) in [6, 6.07) is 10.2. The van der Waals surface area contributed by atoms with Crippen LogP contribution in [-0.4, -0.2) is 92.0 Å². The molecule has 0 fully saturated rings. The fourth-order valence-electron chi connectivity index (χ4n) is 5.60. The van der Waals surface area contributed by atoms with Crippen molar-refractivity contribution < 1.29 is 37.1 Å². The van der Waals surface area contributed by atoms with Crippen molar-refractivity contribution in [1.82, 2.24) is 15.0 Å². The Kier molecular flexibility index (Phi) is 12.7. The minimum absolute atomic E-state index is 0.0927. The molecule has 2 heterocycles. The Hall–Kier alpha value is -4.14.